The van der Waals surface area contributed by atoms with Crippen molar-refractivity contribution in [2.24, 2.45) is 0 Å². The summed E-state index contributed by atoms with van der Waals surface area (Å²) >= 11 is 0. The average Bonchev–Trinajstić information content (AvgIpc) is 2.58. The summed E-state index contributed by atoms with van der Waals surface area (Å²) in [5.41, 5.74) is 0. The molecule has 7 heteroatoms. The highest BCUT2D eigenvalue weighted by molar-refractivity contribution is 5.80. The standard InChI is InChI=1S/C18H35N3O4/c1-4-11-24-13-14-25-12-10-19-17(22)9-7-6-8-15(3)21-16(5-2)20-18(21)23/h15-16H,4-14H2,1-3H3,(H,19,22)(H,20,23). The molecule has 25 heavy (non-hydrogen) atoms. The van der Waals surface area contributed by atoms with E-state index in [1.54, 1.807) is 0 Å². The van der Waals surface area contributed by atoms with E-state index in [4.69, 9.17) is 9.47 Å². The lowest BCUT2D eigenvalue weighted by Crippen LogP contribution is -2.67. The van der Waals surface area contributed by atoms with Crippen molar-refractivity contribution in [3.05, 3.63) is 0 Å². The molecule has 0 bridgehead atoms. The fourth-order valence-corrected chi connectivity index (χ4v) is 2.85. The number of carbonyl (C=O) groups is 2. The summed E-state index contributed by atoms with van der Waals surface area (Å²) in [7, 11) is 0. The minimum atomic E-state index is 0.0252. The minimum absolute atomic E-state index is 0.0252. The lowest BCUT2D eigenvalue weighted by atomic mass is 10.1. The fraction of sp³-hybridized carbons (Fsp3) is 0.889. The van der Waals surface area contributed by atoms with Crippen LogP contribution in [0.2, 0.25) is 0 Å². The Bertz CT molecular complexity index is 393. The van der Waals surface area contributed by atoms with E-state index in [-0.39, 0.29) is 24.1 Å². The van der Waals surface area contributed by atoms with Crippen molar-refractivity contribution < 1.29 is 19.1 Å². The molecule has 0 saturated carbocycles. The number of unbranched alkanes of at least 4 members (excludes halogenated alkanes) is 1. The van der Waals surface area contributed by atoms with Crippen LogP contribution in [0, 0.1) is 0 Å². The molecule has 1 rings (SSSR count). The number of ether oxygens (including phenoxy) is 2. The zero-order chi connectivity index (χ0) is 18.5. The number of hydrogen-bond donors (Lipinski definition) is 2. The lowest BCUT2D eigenvalue weighted by Gasteiger charge is -2.45. The van der Waals surface area contributed by atoms with Gasteiger partial charge in [-0.25, -0.2) is 4.79 Å². The van der Waals surface area contributed by atoms with Crippen LogP contribution >= 0.6 is 0 Å². The van der Waals surface area contributed by atoms with Gasteiger partial charge in [0.1, 0.15) is 6.17 Å². The Morgan fingerprint density at radius 1 is 1.20 bits per heavy atom. The molecule has 1 saturated heterocycles. The summed E-state index contributed by atoms with van der Waals surface area (Å²) in [5, 5.41) is 5.74. The van der Waals surface area contributed by atoms with Crippen molar-refractivity contribution in [3.63, 3.8) is 0 Å². The monoisotopic (exact) mass is 357 g/mol. The highest BCUT2D eigenvalue weighted by atomic mass is 16.5. The molecule has 0 aromatic heterocycles. The predicted octanol–water partition coefficient (Wildman–Crippen LogP) is 2.26. The van der Waals surface area contributed by atoms with Crippen molar-refractivity contribution >= 4 is 11.9 Å². The van der Waals surface area contributed by atoms with Crippen LogP contribution in [0.15, 0.2) is 0 Å². The lowest BCUT2D eigenvalue weighted by molar-refractivity contribution is -0.121. The second-order valence-electron chi connectivity index (χ2n) is 6.45. The van der Waals surface area contributed by atoms with E-state index in [1.165, 1.54) is 0 Å². The van der Waals surface area contributed by atoms with E-state index in [0.29, 0.717) is 32.8 Å². The maximum Gasteiger partial charge on any atom is 0.320 e. The van der Waals surface area contributed by atoms with Crippen LogP contribution < -0.4 is 10.6 Å². The third-order valence-electron chi connectivity index (χ3n) is 4.29. The van der Waals surface area contributed by atoms with Crippen LogP contribution in [0.5, 0.6) is 0 Å². The van der Waals surface area contributed by atoms with E-state index in [1.807, 2.05) is 4.90 Å². The van der Waals surface area contributed by atoms with Gasteiger partial charge in [-0.3, -0.25) is 4.79 Å². The number of nitrogens with zero attached hydrogens (tertiary/aromatic N) is 1. The van der Waals surface area contributed by atoms with Gasteiger partial charge in [0.15, 0.2) is 0 Å². The first-order valence-electron chi connectivity index (χ1n) is 9.61. The Labute approximate surface area is 151 Å². The fourth-order valence-electron chi connectivity index (χ4n) is 2.85. The summed E-state index contributed by atoms with van der Waals surface area (Å²) in [6, 6.07) is 0.252. The zero-order valence-electron chi connectivity index (χ0n) is 16.0. The van der Waals surface area contributed by atoms with Crippen LogP contribution in [0.25, 0.3) is 0 Å². The third kappa shape index (κ3) is 8.54. The van der Waals surface area contributed by atoms with Crippen molar-refractivity contribution in [1.82, 2.24) is 15.5 Å². The summed E-state index contributed by atoms with van der Waals surface area (Å²) in [6.45, 7) is 9.19. The molecule has 0 radical (unpaired) electrons. The highest BCUT2D eigenvalue weighted by Crippen LogP contribution is 2.19. The Balaban J connectivity index is 1.94. The Morgan fingerprint density at radius 3 is 2.56 bits per heavy atom. The number of amides is 3. The van der Waals surface area contributed by atoms with E-state index in [0.717, 1.165) is 38.7 Å². The van der Waals surface area contributed by atoms with Crippen molar-refractivity contribution in [1.29, 1.82) is 0 Å². The van der Waals surface area contributed by atoms with E-state index in [2.05, 4.69) is 31.4 Å². The van der Waals surface area contributed by atoms with Crippen molar-refractivity contribution in [2.75, 3.05) is 33.0 Å². The summed E-state index contributed by atoms with van der Waals surface area (Å²) in [5.74, 6) is 0.0617. The molecule has 146 valence electrons. The molecule has 1 aliphatic rings. The minimum Gasteiger partial charge on any atom is -0.379 e. The van der Waals surface area contributed by atoms with Gasteiger partial charge in [-0.2, -0.15) is 0 Å². The summed E-state index contributed by atoms with van der Waals surface area (Å²) in [4.78, 5) is 25.2. The molecule has 0 spiro atoms. The van der Waals surface area contributed by atoms with E-state index >= 15 is 0 Å². The van der Waals surface area contributed by atoms with Crippen LogP contribution in [-0.2, 0) is 14.3 Å². The van der Waals surface area contributed by atoms with E-state index < -0.39 is 0 Å². The number of urea groups is 1. The molecule has 7 nitrogen and oxygen atoms in total. The third-order valence-corrected chi connectivity index (χ3v) is 4.29. The first-order valence-corrected chi connectivity index (χ1v) is 9.61. The zero-order valence-corrected chi connectivity index (χ0v) is 16.0. The second-order valence-corrected chi connectivity index (χ2v) is 6.45. The van der Waals surface area contributed by atoms with Crippen LogP contribution in [0.3, 0.4) is 0 Å². The van der Waals surface area contributed by atoms with Crippen molar-refractivity contribution in [3.8, 4) is 0 Å². The second kappa shape index (κ2) is 12.9. The molecule has 2 atom stereocenters. The van der Waals surface area contributed by atoms with Gasteiger partial charge in [0.2, 0.25) is 5.91 Å². The summed E-state index contributed by atoms with van der Waals surface area (Å²) in [6.07, 6.45) is 5.35. The molecular formula is C18H35N3O4. The van der Waals surface area contributed by atoms with Crippen LogP contribution in [0.4, 0.5) is 4.79 Å². The van der Waals surface area contributed by atoms with Gasteiger partial charge in [-0.1, -0.05) is 20.3 Å². The topological polar surface area (TPSA) is 79.9 Å². The Hall–Kier alpha value is -1.34. The maximum atomic E-state index is 11.7. The quantitative estimate of drug-likeness (QED) is 0.441. The SMILES string of the molecule is CCCOCCOCCNC(=O)CCCCC(C)N1C(=O)NC1CC. The number of carbonyl (C=O) groups excluding carboxylic acids is 2. The molecule has 2 N–H and O–H groups in total. The highest BCUT2D eigenvalue weighted by Gasteiger charge is 2.36. The van der Waals surface area contributed by atoms with Crippen molar-refractivity contribution in [2.45, 2.75) is 71.5 Å². The van der Waals surface area contributed by atoms with Gasteiger partial charge >= 0.3 is 6.03 Å². The molecular weight excluding hydrogens is 322 g/mol. The Kier molecular flexibility index (Phi) is 11.2. The largest absolute Gasteiger partial charge is 0.379 e. The average molecular weight is 357 g/mol. The molecule has 2 unspecified atom stereocenters. The van der Waals surface area contributed by atoms with Gasteiger partial charge < -0.3 is 25.0 Å². The number of nitrogens with one attached hydrogen (secondary N) is 2. The predicted molar refractivity (Wildman–Crippen MR) is 97.3 cm³/mol. The number of rotatable bonds is 15. The smallest absolute Gasteiger partial charge is 0.320 e. The molecule has 0 aromatic carbocycles. The van der Waals surface area contributed by atoms with Crippen LogP contribution in [-0.4, -0.2) is 62.0 Å². The summed E-state index contributed by atoms with van der Waals surface area (Å²) < 4.78 is 10.7. The Morgan fingerprint density at radius 2 is 1.92 bits per heavy atom. The van der Waals surface area contributed by atoms with Gasteiger partial charge in [-0.15, -0.1) is 0 Å². The van der Waals surface area contributed by atoms with Gasteiger partial charge in [0.25, 0.3) is 0 Å². The van der Waals surface area contributed by atoms with Crippen LogP contribution in [0.1, 0.15) is 59.3 Å². The van der Waals surface area contributed by atoms with Gasteiger partial charge in [0.05, 0.1) is 19.8 Å². The maximum absolute atomic E-state index is 11.7. The first kappa shape index (κ1) is 21.7. The normalized spacial score (nSPS) is 17.8. The van der Waals surface area contributed by atoms with Gasteiger partial charge in [-0.05, 0) is 32.6 Å². The van der Waals surface area contributed by atoms with Gasteiger partial charge in [0, 0.05) is 25.6 Å². The molecule has 1 heterocycles. The molecule has 0 aromatic rings. The van der Waals surface area contributed by atoms with E-state index in [9.17, 15) is 9.59 Å². The first-order chi connectivity index (χ1) is 12.1. The number of hydrogen-bond acceptors (Lipinski definition) is 4. The molecule has 0 aliphatic carbocycles. The molecule has 1 fully saturated rings. The molecule has 1 aliphatic heterocycles. The molecule has 3 amide bonds.